The summed E-state index contributed by atoms with van der Waals surface area (Å²) in [6, 6.07) is 7.21. The second-order valence-corrected chi connectivity index (χ2v) is 5.19. The number of carboxylic acids is 1. The van der Waals surface area contributed by atoms with E-state index in [0.717, 1.165) is 0 Å². The van der Waals surface area contributed by atoms with Crippen LogP contribution >= 0.6 is 0 Å². The number of para-hydroxylation sites is 2. The van der Waals surface area contributed by atoms with Crippen LogP contribution in [0, 0.1) is 5.92 Å². The van der Waals surface area contributed by atoms with Crippen LogP contribution in [0.1, 0.15) is 33.6 Å². The lowest BCUT2D eigenvalue weighted by atomic mass is 10.1. The zero-order valence-corrected chi connectivity index (χ0v) is 12.8. The van der Waals surface area contributed by atoms with Crippen molar-refractivity contribution in [3.05, 3.63) is 24.3 Å². The van der Waals surface area contributed by atoms with Crippen molar-refractivity contribution >= 4 is 17.6 Å². The highest BCUT2D eigenvalue weighted by atomic mass is 16.5. The van der Waals surface area contributed by atoms with Crippen LogP contribution < -0.4 is 9.64 Å². The van der Waals surface area contributed by atoms with E-state index in [9.17, 15) is 9.59 Å². The zero-order chi connectivity index (χ0) is 15.8. The number of hydrogen-bond acceptors (Lipinski definition) is 3. The molecule has 1 N–H and O–H groups in total. The van der Waals surface area contributed by atoms with E-state index in [4.69, 9.17) is 9.84 Å². The molecule has 0 aliphatic rings. The van der Waals surface area contributed by atoms with Crippen molar-refractivity contribution in [3.8, 4) is 5.75 Å². The van der Waals surface area contributed by atoms with E-state index in [1.54, 1.807) is 12.1 Å². The first-order valence-electron chi connectivity index (χ1n) is 7.19. The predicted molar refractivity (Wildman–Crippen MR) is 81.7 cm³/mol. The number of ether oxygens (including phenoxy) is 1. The number of carboxylic acid groups (broad SMARTS) is 1. The smallest absolute Gasteiger partial charge is 0.305 e. The van der Waals surface area contributed by atoms with Crippen molar-refractivity contribution < 1.29 is 19.4 Å². The van der Waals surface area contributed by atoms with Crippen LogP contribution in [0.5, 0.6) is 5.75 Å². The van der Waals surface area contributed by atoms with Crippen LogP contribution in [0.2, 0.25) is 0 Å². The molecule has 1 amide bonds. The predicted octanol–water partition coefficient (Wildman–Crippen LogP) is 2.94. The quantitative estimate of drug-likeness (QED) is 0.800. The molecular weight excluding hydrogens is 270 g/mol. The highest BCUT2D eigenvalue weighted by Crippen LogP contribution is 2.29. The average Bonchev–Trinajstić information content (AvgIpc) is 2.40. The first-order chi connectivity index (χ1) is 9.95. The Morgan fingerprint density at radius 2 is 1.95 bits per heavy atom. The summed E-state index contributed by atoms with van der Waals surface area (Å²) in [4.78, 5) is 24.7. The van der Waals surface area contributed by atoms with E-state index < -0.39 is 5.97 Å². The number of amides is 1. The Kier molecular flexibility index (Phi) is 6.72. The summed E-state index contributed by atoms with van der Waals surface area (Å²) in [7, 11) is 0. The number of rotatable bonds is 8. The number of benzene rings is 1. The SMILES string of the molecule is CCOc1ccccc1N(CCC(=O)O)C(=O)CC(C)C. The van der Waals surface area contributed by atoms with Gasteiger partial charge in [-0.05, 0) is 25.0 Å². The number of aliphatic carboxylic acids is 1. The van der Waals surface area contributed by atoms with Gasteiger partial charge in [-0.3, -0.25) is 9.59 Å². The molecule has 1 rings (SSSR count). The van der Waals surface area contributed by atoms with Crippen LogP contribution in [-0.4, -0.2) is 30.1 Å². The lowest BCUT2D eigenvalue weighted by molar-refractivity contribution is -0.136. The average molecular weight is 293 g/mol. The lowest BCUT2D eigenvalue weighted by Gasteiger charge is -2.25. The molecule has 5 heteroatoms. The normalized spacial score (nSPS) is 10.5. The second-order valence-electron chi connectivity index (χ2n) is 5.19. The van der Waals surface area contributed by atoms with Crippen LogP contribution in [0.25, 0.3) is 0 Å². The monoisotopic (exact) mass is 293 g/mol. The molecule has 0 atom stereocenters. The van der Waals surface area contributed by atoms with Gasteiger partial charge in [0, 0.05) is 13.0 Å². The van der Waals surface area contributed by atoms with Crippen molar-refractivity contribution in [2.24, 2.45) is 5.92 Å². The number of carbonyl (C=O) groups is 2. The maximum atomic E-state index is 12.4. The molecule has 0 saturated heterocycles. The number of carbonyl (C=O) groups excluding carboxylic acids is 1. The molecule has 0 saturated carbocycles. The molecule has 0 unspecified atom stereocenters. The van der Waals surface area contributed by atoms with Gasteiger partial charge >= 0.3 is 5.97 Å². The molecular formula is C16H23NO4. The Morgan fingerprint density at radius 1 is 1.29 bits per heavy atom. The van der Waals surface area contributed by atoms with Gasteiger partial charge in [0.1, 0.15) is 5.75 Å². The number of hydrogen-bond donors (Lipinski definition) is 1. The molecule has 0 fully saturated rings. The highest BCUT2D eigenvalue weighted by molar-refractivity contribution is 5.95. The van der Waals surface area contributed by atoms with Gasteiger partial charge in [-0.1, -0.05) is 26.0 Å². The molecule has 0 heterocycles. The molecule has 0 bridgehead atoms. The van der Waals surface area contributed by atoms with E-state index >= 15 is 0 Å². The maximum Gasteiger partial charge on any atom is 0.305 e. The molecule has 0 spiro atoms. The number of anilines is 1. The Bertz CT molecular complexity index is 485. The van der Waals surface area contributed by atoms with E-state index in [1.807, 2.05) is 32.9 Å². The van der Waals surface area contributed by atoms with Crippen molar-refractivity contribution in [2.45, 2.75) is 33.6 Å². The fraction of sp³-hybridized carbons (Fsp3) is 0.500. The van der Waals surface area contributed by atoms with E-state index in [0.29, 0.717) is 24.5 Å². The van der Waals surface area contributed by atoms with Crippen molar-refractivity contribution in [1.29, 1.82) is 0 Å². The molecule has 0 radical (unpaired) electrons. The van der Waals surface area contributed by atoms with E-state index in [2.05, 4.69) is 0 Å². The minimum atomic E-state index is -0.925. The van der Waals surface area contributed by atoms with Gasteiger partial charge in [0.15, 0.2) is 0 Å². The lowest BCUT2D eigenvalue weighted by Crippen LogP contribution is -2.34. The topological polar surface area (TPSA) is 66.8 Å². The maximum absolute atomic E-state index is 12.4. The van der Waals surface area contributed by atoms with Crippen LogP contribution in [0.3, 0.4) is 0 Å². The van der Waals surface area contributed by atoms with E-state index in [1.165, 1.54) is 4.90 Å². The molecule has 0 aliphatic carbocycles. The molecule has 1 aromatic carbocycles. The minimum absolute atomic E-state index is 0.0848. The third-order valence-electron chi connectivity index (χ3n) is 2.89. The summed E-state index contributed by atoms with van der Waals surface area (Å²) in [5.41, 5.74) is 0.631. The third kappa shape index (κ3) is 5.45. The van der Waals surface area contributed by atoms with Crippen molar-refractivity contribution in [3.63, 3.8) is 0 Å². The van der Waals surface area contributed by atoms with E-state index in [-0.39, 0.29) is 24.8 Å². The Labute approximate surface area is 125 Å². The molecule has 116 valence electrons. The van der Waals surface area contributed by atoms with Gasteiger partial charge in [0.25, 0.3) is 0 Å². The number of nitrogens with zero attached hydrogens (tertiary/aromatic N) is 1. The van der Waals surface area contributed by atoms with Crippen molar-refractivity contribution in [1.82, 2.24) is 0 Å². The Morgan fingerprint density at radius 3 is 2.52 bits per heavy atom. The van der Waals surface area contributed by atoms with Gasteiger partial charge in [0.05, 0.1) is 18.7 Å². The van der Waals surface area contributed by atoms with Gasteiger partial charge < -0.3 is 14.7 Å². The fourth-order valence-corrected chi connectivity index (χ4v) is 2.00. The first-order valence-corrected chi connectivity index (χ1v) is 7.19. The van der Waals surface area contributed by atoms with Crippen LogP contribution in [0.15, 0.2) is 24.3 Å². The second kappa shape index (κ2) is 8.29. The van der Waals surface area contributed by atoms with Gasteiger partial charge in [-0.25, -0.2) is 0 Å². The fourth-order valence-electron chi connectivity index (χ4n) is 2.00. The summed E-state index contributed by atoms with van der Waals surface area (Å²) in [6.45, 7) is 6.42. The largest absolute Gasteiger partial charge is 0.492 e. The van der Waals surface area contributed by atoms with Crippen LogP contribution in [0.4, 0.5) is 5.69 Å². The van der Waals surface area contributed by atoms with Crippen molar-refractivity contribution in [2.75, 3.05) is 18.1 Å². The van der Waals surface area contributed by atoms with Gasteiger partial charge in [-0.15, -0.1) is 0 Å². The zero-order valence-electron chi connectivity index (χ0n) is 12.8. The Hall–Kier alpha value is -2.04. The molecule has 0 aromatic heterocycles. The summed E-state index contributed by atoms with van der Waals surface area (Å²) in [5, 5.41) is 8.88. The van der Waals surface area contributed by atoms with Crippen LogP contribution in [-0.2, 0) is 9.59 Å². The minimum Gasteiger partial charge on any atom is -0.492 e. The summed E-state index contributed by atoms with van der Waals surface area (Å²) in [5.74, 6) is -0.198. The molecule has 21 heavy (non-hydrogen) atoms. The standard InChI is InChI=1S/C16H23NO4/c1-4-21-14-8-6-5-7-13(14)17(10-9-16(19)20)15(18)11-12(2)3/h5-8,12H,4,9-11H2,1-3H3,(H,19,20). The molecule has 5 nitrogen and oxygen atoms in total. The highest BCUT2D eigenvalue weighted by Gasteiger charge is 2.20. The summed E-state index contributed by atoms with van der Waals surface area (Å²) >= 11 is 0. The molecule has 0 aliphatic heterocycles. The third-order valence-corrected chi connectivity index (χ3v) is 2.89. The summed E-state index contributed by atoms with van der Waals surface area (Å²) in [6.07, 6.45) is 0.282. The van der Waals surface area contributed by atoms with Gasteiger partial charge in [-0.2, -0.15) is 0 Å². The Balaban J connectivity index is 3.04. The summed E-state index contributed by atoms with van der Waals surface area (Å²) < 4.78 is 5.54. The van der Waals surface area contributed by atoms with Gasteiger partial charge in [0.2, 0.25) is 5.91 Å². The molecule has 1 aromatic rings. The first kappa shape index (κ1) is 17.0.